The number of hydrogen-bond donors (Lipinski definition) is 5. The van der Waals surface area contributed by atoms with Crippen LogP contribution in [0.3, 0.4) is 0 Å². The molecule has 6 amide bonds. The number of halogens is 3. The molecule has 0 aliphatic carbocycles. The van der Waals surface area contributed by atoms with Crippen molar-refractivity contribution in [1.82, 2.24) is 25.2 Å². The molecule has 0 bridgehead atoms. The molecule has 0 saturated carbocycles. The molecule has 0 spiro atoms. The van der Waals surface area contributed by atoms with Gasteiger partial charge in [-0.3, -0.25) is 24.0 Å². The molecule has 1 aliphatic rings. The number of carbonyl (C=O) groups excluding carboxylic acids is 5. The zero-order valence-corrected chi connectivity index (χ0v) is 37.4. The number of ether oxygens (including phenoxy) is 2. The number of nitrogens with one attached hydrogen (secondary N) is 4. The number of carboxylic acid groups (broad SMARTS) is 1. The van der Waals surface area contributed by atoms with E-state index >= 15 is 0 Å². The number of likely N-dealkylation sites (tertiary alicyclic amines) is 1. The summed E-state index contributed by atoms with van der Waals surface area (Å²) in [6.07, 6.45) is -6.91. The van der Waals surface area contributed by atoms with Crippen LogP contribution in [0.25, 0.3) is 0 Å². The van der Waals surface area contributed by atoms with Crippen LogP contribution in [-0.2, 0) is 49.9 Å². The van der Waals surface area contributed by atoms with Crippen molar-refractivity contribution in [3.8, 4) is 0 Å². The zero-order valence-electron chi connectivity index (χ0n) is 36.6. The highest BCUT2D eigenvalue weighted by Gasteiger charge is 2.44. The third-order valence-corrected chi connectivity index (χ3v) is 12.7. The minimum Gasteiger partial charge on any atom is -0.465 e. The second-order valence-electron chi connectivity index (χ2n) is 16.0. The van der Waals surface area contributed by atoms with Gasteiger partial charge in [0.2, 0.25) is 17.7 Å². The Hall–Kier alpha value is -5.28. The van der Waals surface area contributed by atoms with Gasteiger partial charge in [0, 0.05) is 39.9 Å². The van der Waals surface area contributed by atoms with Crippen molar-refractivity contribution in [2.24, 2.45) is 17.8 Å². The zero-order chi connectivity index (χ0) is 47.4. The maximum atomic E-state index is 14.2. The lowest BCUT2D eigenvalue weighted by Crippen LogP contribution is -2.57. The van der Waals surface area contributed by atoms with Gasteiger partial charge in [0.1, 0.15) is 12.1 Å². The molecule has 0 radical (unpaired) electrons. The van der Waals surface area contributed by atoms with Gasteiger partial charge in [-0.05, 0) is 54.5 Å². The Morgan fingerprint density at radius 3 is 2.06 bits per heavy atom. The van der Waals surface area contributed by atoms with Gasteiger partial charge in [-0.2, -0.15) is 13.2 Å². The van der Waals surface area contributed by atoms with Crippen molar-refractivity contribution >= 4 is 51.3 Å². The number of carbonyl (C=O) groups is 6. The third kappa shape index (κ3) is 14.1. The molecule has 1 heterocycles. The molecule has 2 aromatic carbocycles. The SMILES string of the molecule is CC[C@@H](C)[C@@H]([C@@H](CC(=O)N1CCC[C@H]1[C@H](OC)[C@@H](C)C(=O)N[C@@H](Cc1ccccc1)C(=O)NS(=O)(=O)c1ccc(NC(=O)C(F)(F)F)cc1)OC)N(C)C(=O)[C@@H](NC(=O)O)C(C)C. The Morgan fingerprint density at radius 2 is 1.54 bits per heavy atom. The Bertz CT molecular complexity index is 2010. The van der Waals surface area contributed by atoms with Crippen LogP contribution in [0.4, 0.5) is 23.7 Å². The first-order valence-corrected chi connectivity index (χ1v) is 22.0. The number of hydrogen-bond acceptors (Lipinski definition) is 10. The van der Waals surface area contributed by atoms with Crippen molar-refractivity contribution in [2.75, 3.05) is 33.1 Å². The average molecular weight is 913 g/mol. The maximum Gasteiger partial charge on any atom is 0.471 e. The molecule has 21 heteroatoms. The summed E-state index contributed by atoms with van der Waals surface area (Å²) in [7, 11) is -0.276. The van der Waals surface area contributed by atoms with E-state index < -0.39 is 93.1 Å². The van der Waals surface area contributed by atoms with Gasteiger partial charge in [-0.25, -0.2) is 17.9 Å². The highest BCUT2D eigenvalue weighted by atomic mass is 32.2. The Morgan fingerprint density at radius 1 is 0.921 bits per heavy atom. The summed E-state index contributed by atoms with van der Waals surface area (Å²) in [5, 5.41) is 15.9. The molecule has 1 saturated heterocycles. The van der Waals surface area contributed by atoms with Crippen LogP contribution in [0.1, 0.15) is 65.9 Å². The number of sulfonamides is 1. The summed E-state index contributed by atoms with van der Waals surface area (Å²) in [6, 6.07) is 8.31. The van der Waals surface area contributed by atoms with Gasteiger partial charge in [0.15, 0.2) is 0 Å². The Balaban J connectivity index is 1.82. The van der Waals surface area contributed by atoms with Crippen LogP contribution >= 0.6 is 0 Å². The lowest BCUT2D eigenvalue weighted by molar-refractivity contribution is -0.167. The molecule has 350 valence electrons. The molecule has 2 aromatic rings. The van der Waals surface area contributed by atoms with Crippen LogP contribution in [-0.4, -0.2) is 129 Å². The third-order valence-electron chi connectivity index (χ3n) is 11.3. The minimum absolute atomic E-state index is 0.147. The molecule has 0 aromatic heterocycles. The molecule has 8 atom stereocenters. The summed E-state index contributed by atoms with van der Waals surface area (Å²) in [6.45, 7) is 9.13. The Labute approximate surface area is 365 Å². The van der Waals surface area contributed by atoms with Crippen LogP contribution in [0.2, 0.25) is 0 Å². The first-order chi connectivity index (χ1) is 29.5. The van der Waals surface area contributed by atoms with Crippen molar-refractivity contribution < 1.29 is 64.9 Å². The van der Waals surface area contributed by atoms with Gasteiger partial charge in [-0.15, -0.1) is 0 Å². The highest BCUT2D eigenvalue weighted by molar-refractivity contribution is 7.90. The molecule has 1 fully saturated rings. The van der Waals surface area contributed by atoms with E-state index in [4.69, 9.17) is 9.47 Å². The van der Waals surface area contributed by atoms with E-state index in [1.165, 1.54) is 19.1 Å². The van der Waals surface area contributed by atoms with Crippen LogP contribution in [0.15, 0.2) is 59.5 Å². The normalized spacial score (nSPS) is 17.7. The van der Waals surface area contributed by atoms with Gasteiger partial charge in [-0.1, -0.05) is 71.4 Å². The minimum atomic E-state index is -5.18. The fraction of sp³-hybridized carbons (Fsp3) is 0.571. The predicted octanol–water partition coefficient (Wildman–Crippen LogP) is 3.93. The van der Waals surface area contributed by atoms with Crippen molar-refractivity contribution in [2.45, 2.75) is 114 Å². The molecule has 1 aliphatic heterocycles. The van der Waals surface area contributed by atoms with Gasteiger partial charge in [0.05, 0.1) is 41.5 Å². The van der Waals surface area contributed by atoms with E-state index in [0.717, 1.165) is 24.3 Å². The molecular formula is C42H59F3N6O11S. The number of likely N-dealkylation sites (N-methyl/N-ethyl adjacent to an activating group) is 1. The van der Waals surface area contributed by atoms with E-state index in [1.807, 2.05) is 18.6 Å². The van der Waals surface area contributed by atoms with Crippen molar-refractivity contribution in [1.29, 1.82) is 0 Å². The maximum absolute atomic E-state index is 14.2. The van der Waals surface area contributed by atoms with Crippen molar-refractivity contribution in [3.63, 3.8) is 0 Å². The van der Waals surface area contributed by atoms with E-state index in [1.54, 1.807) is 68.4 Å². The summed E-state index contributed by atoms with van der Waals surface area (Å²) >= 11 is 0. The number of rotatable bonds is 21. The molecule has 63 heavy (non-hydrogen) atoms. The average Bonchev–Trinajstić information content (AvgIpc) is 3.71. The summed E-state index contributed by atoms with van der Waals surface area (Å²) < 4.78 is 78.3. The fourth-order valence-electron chi connectivity index (χ4n) is 7.72. The van der Waals surface area contributed by atoms with E-state index in [-0.39, 0.29) is 36.3 Å². The Kier molecular flexibility index (Phi) is 18.9. The van der Waals surface area contributed by atoms with Gasteiger partial charge >= 0.3 is 18.2 Å². The topological polar surface area (TPSA) is 230 Å². The molecule has 5 N–H and O–H groups in total. The number of methoxy groups -OCH3 is 2. The molecule has 17 nitrogen and oxygen atoms in total. The summed E-state index contributed by atoms with van der Waals surface area (Å²) in [5.74, 6) is -6.43. The lowest BCUT2D eigenvalue weighted by atomic mass is 9.89. The number of alkyl halides is 3. The predicted molar refractivity (Wildman–Crippen MR) is 224 cm³/mol. The first kappa shape index (κ1) is 52.1. The van der Waals surface area contributed by atoms with Gasteiger partial charge in [0.25, 0.3) is 15.9 Å². The largest absolute Gasteiger partial charge is 0.471 e. The second kappa shape index (κ2) is 22.9. The highest BCUT2D eigenvalue weighted by Crippen LogP contribution is 2.30. The van der Waals surface area contributed by atoms with E-state index in [9.17, 15) is 55.5 Å². The standard InChI is InChI=1S/C42H59F3N6O11S/c1-9-25(4)35(50(6)39(55)34(24(2)3)48-41(57)58)32(61-7)23-33(52)51-21-13-16-31(51)36(62-8)26(5)37(53)47-30(22-27-14-11-10-12-15-27)38(54)49-63(59,60)29-19-17-28(18-20-29)46-40(56)42(43,44)45/h10-12,14-15,17-20,24-26,30-32,34-36,48H,9,13,16,21-23H2,1-8H3,(H,46,56)(H,47,53)(H,49,54)(H,57,58)/t25-,26-,30+,31+,32-,34+,35+,36-/m1/s1. The number of benzene rings is 2. The summed E-state index contributed by atoms with van der Waals surface area (Å²) in [5.41, 5.74) is 0.221. The van der Waals surface area contributed by atoms with E-state index in [0.29, 0.717) is 31.4 Å². The smallest absolute Gasteiger partial charge is 0.465 e. The fourth-order valence-corrected chi connectivity index (χ4v) is 8.74. The molecule has 3 rings (SSSR count). The molecule has 0 unspecified atom stereocenters. The number of amides is 6. The van der Waals surface area contributed by atoms with E-state index in [2.05, 4.69) is 10.6 Å². The molecular weight excluding hydrogens is 854 g/mol. The number of anilines is 1. The lowest BCUT2D eigenvalue weighted by Gasteiger charge is -2.40. The van der Waals surface area contributed by atoms with Gasteiger partial charge < -0.3 is 40.3 Å². The van der Waals surface area contributed by atoms with Crippen LogP contribution < -0.4 is 20.7 Å². The second-order valence-corrected chi connectivity index (χ2v) is 17.6. The van der Waals surface area contributed by atoms with Crippen LogP contribution in [0.5, 0.6) is 0 Å². The number of nitrogens with zero attached hydrogens (tertiary/aromatic N) is 2. The van der Waals surface area contributed by atoms with Crippen molar-refractivity contribution in [3.05, 3.63) is 60.2 Å². The monoisotopic (exact) mass is 912 g/mol. The first-order valence-electron chi connectivity index (χ1n) is 20.5. The summed E-state index contributed by atoms with van der Waals surface area (Å²) in [4.78, 5) is 80.9. The van der Waals surface area contributed by atoms with Crippen LogP contribution in [0, 0.1) is 17.8 Å². The quantitative estimate of drug-likeness (QED) is 0.121.